The Morgan fingerprint density at radius 1 is 1.05 bits per heavy atom. The molecule has 15 nitrogen and oxygen atoms in total. The number of amides is 4. The van der Waals surface area contributed by atoms with Crippen LogP contribution in [0.1, 0.15) is 52.0 Å². The zero-order chi connectivity index (χ0) is 32.1. The number of nitrogens with zero attached hydrogens (tertiary/aromatic N) is 1. The summed E-state index contributed by atoms with van der Waals surface area (Å²) >= 11 is 0. The molecule has 4 atom stereocenters. The second-order valence-corrected chi connectivity index (χ2v) is 9.26. The number of anilines is 1. The van der Waals surface area contributed by atoms with E-state index in [1.54, 1.807) is 0 Å². The zero-order valence-corrected chi connectivity index (χ0v) is 24.1. The standard InChI is InChI=1S/C26H31N3O12.C2H6/c1-14(30)39-13-15-4-5-18(40-23-12-17(31)24(36)25(41-23)26(37)38)16(11-15)28-20(33)8-9-27-19(32)3-2-10-29-21(34)6-7-22(29)35;1-2/h4-7,11,17,23-25,31,36H,2-3,8-10,12-13H2,1H3,(H,27,32)(H,28,33)(H,37,38);1-2H3. The molecule has 1 saturated heterocycles. The van der Waals surface area contributed by atoms with Gasteiger partial charge in [0.2, 0.25) is 18.1 Å². The minimum absolute atomic E-state index is 0.0206. The van der Waals surface area contributed by atoms with Crippen LogP contribution in [0.5, 0.6) is 5.75 Å². The van der Waals surface area contributed by atoms with Crippen molar-refractivity contribution in [2.45, 2.75) is 77.7 Å². The quantitative estimate of drug-likeness (QED) is 0.150. The highest BCUT2D eigenvalue weighted by molar-refractivity contribution is 6.12. The lowest BCUT2D eigenvalue weighted by Crippen LogP contribution is -2.53. The van der Waals surface area contributed by atoms with Crippen molar-refractivity contribution >= 4 is 41.3 Å². The molecule has 0 aromatic heterocycles. The van der Waals surface area contributed by atoms with Crippen LogP contribution in [0.15, 0.2) is 30.4 Å². The van der Waals surface area contributed by atoms with Gasteiger partial charge < -0.3 is 40.2 Å². The number of carbonyl (C=O) groups excluding carboxylic acids is 5. The lowest BCUT2D eigenvalue weighted by molar-refractivity contribution is -0.228. The number of carboxylic acid groups (broad SMARTS) is 1. The second-order valence-electron chi connectivity index (χ2n) is 9.26. The maximum atomic E-state index is 12.6. The smallest absolute Gasteiger partial charge is 0.335 e. The Balaban J connectivity index is 0.00000316. The van der Waals surface area contributed by atoms with E-state index in [4.69, 9.17) is 14.2 Å². The first-order chi connectivity index (χ1) is 20.4. The fourth-order valence-electron chi connectivity index (χ4n) is 3.98. The summed E-state index contributed by atoms with van der Waals surface area (Å²) in [4.78, 5) is 71.4. The van der Waals surface area contributed by atoms with E-state index in [1.165, 1.54) is 25.1 Å². The van der Waals surface area contributed by atoms with Gasteiger partial charge >= 0.3 is 11.9 Å². The molecule has 5 N–H and O–H groups in total. The minimum atomic E-state index is -1.73. The van der Waals surface area contributed by atoms with E-state index < -0.39 is 54.3 Å². The van der Waals surface area contributed by atoms with E-state index in [-0.39, 0.29) is 62.7 Å². The summed E-state index contributed by atoms with van der Waals surface area (Å²) < 4.78 is 15.9. The van der Waals surface area contributed by atoms with Crippen molar-refractivity contribution in [1.29, 1.82) is 0 Å². The lowest BCUT2D eigenvalue weighted by Gasteiger charge is -2.35. The van der Waals surface area contributed by atoms with Crippen molar-refractivity contribution in [3.63, 3.8) is 0 Å². The van der Waals surface area contributed by atoms with Crippen LogP contribution in [-0.2, 0) is 44.8 Å². The number of ether oxygens (including phenoxy) is 3. The number of aliphatic hydroxyl groups is 2. The second kappa shape index (κ2) is 16.9. The van der Waals surface area contributed by atoms with Crippen molar-refractivity contribution in [3.8, 4) is 5.75 Å². The Hall–Kier alpha value is -4.34. The predicted molar refractivity (Wildman–Crippen MR) is 148 cm³/mol. The van der Waals surface area contributed by atoms with Crippen LogP contribution in [0.3, 0.4) is 0 Å². The van der Waals surface area contributed by atoms with Crippen LogP contribution in [0.2, 0.25) is 0 Å². The van der Waals surface area contributed by atoms with Crippen molar-refractivity contribution < 1.29 is 58.3 Å². The lowest BCUT2D eigenvalue weighted by atomic mass is 10.0. The van der Waals surface area contributed by atoms with Crippen LogP contribution < -0.4 is 15.4 Å². The highest BCUT2D eigenvalue weighted by Crippen LogP contribution is 2.31. The first-order valence-corrected chi connectivity index (χ1v) is 13.7. The molecule has 1 fully saturated rings. The molecule has 43 heavy (non-hydrogen) atoms. The van der Waals surface area contributed by atoms with Crippen LogP contribution in [0, 0.1) is 0 Å². The molecular weight excluding hydrogens is 570 g/mol. The van der Waals surface area contributed by atoms with Crippen molar-refractivity contribution in [1.82, 2.24) is 10.2 Å². The molecule has 0 saturated carbocycles. The highest BCUT2D eigenvalue weighted by atomic mass is 16.7. The molecule has 2 heterocycles. The van der Waals surface area contributed by atoms with Crippen molar-refractivity contribution in [2.24, 2.45) is 0 Å². The molecule has 3 rings (SSSR count). The van der Waals surface area contributed by atoms with E-state index in [2.05, 4.69) is 10.6 Å². The average molecular weight is 608 g/mol. The average Bonchev–Trinajstić information content (AvgIpc) is 3.28. The van der Waals surface area contributed by atoms with E-state index in [0.717, 1.165) is 17.1 Å². The molecule has 15 heteroatoms. The molecule has 0 radical (unpaired) electrons. The third kappa shape index (κ3) is 10.8. The summed E-state index contributed by atoms with van der Waals surface area (Å²) in [6.45, 7) is 5.20. The van der Waals surface area contributed by atoms with Gasteiger partial charge in [-0.3, -0.25) is 28.9 Å². The van der Waals surface area contributed by atoms with Gasteiger partial charge in [-0.2, -0.15) is 0 Å². The van der Waals surface area contributed by atoms with Gasteiger partial charge in [0.1, 0.15) is 18.5 Å². The number of aliphatic carboxylic acids is 1. The highest BCUT2D eigenvalue weighted by Gasteiger charge is 2.42. The summed E-state index contributed by atoms with van der Waals surface area (Å²) in [6, 6.07) is 4.43. The largest absolute Gasteiger partial charge is 0.479 e. The van der Waals surface area contributed by atoms with E-state index in [1.807, 2.05) is 13.8 Å². The van der Waals surface area contributed by atoms with Gasteiger partial charge in [0, 0.05) is 51.4 Å². The summed E-state index contributed by atoms with van der Waals surface area (Å²) in [5.41, 5.74) is 0.611. The number of imide groups is 1. The van der Waals surface area contributed by atoms with Crippen LogP contribution in [0.25, 0.3) is 0 Å². The minimum Gasteiger partial charge on any atom is -0.479 e. The fourth-order valence-corrected chi connectivity index (χ4v) is 3.98. The normalized spacial score (nSPS) is 21.0. The molecule has 2 aliphatic rings. The van der Waals surface area contributed by atoms with E-state index >= 15 is 0 Å². The SMILES string of the molecule is CC.CC(=O)OCc1ccc(OC2CC(O)C(O)C(C(=O)O)O2)c(NC(=O)CCNC(=O)CCCN2C(=O)C=CC2=O)c1. The van der Waals surface area contributed by atoms with Gasteiger partial charge in [-0.25, -0.2) is 4.79 Å². The maximum Gasteiger partial charge on any atom is 0.335 e. The molecule has 4 unspecified atom stereocenters. The number of nitrogens with one attached hydrogen (secondary N) is 2. The Morgan fingerprint density at radius 2 is 1.72 bits per heavy atom. The van der Waals surface area contributed by atoms with Gasteiger partial charge in [0.25, 0.3) is 11.8 Å². The molecule has 4 amide bonds. The summed E-state index contributed by atoms with van der Waals surface area (Å²) in [7, 11) is 0. The third-order valence-corrected chi connectivity index (χ3v) is 6.06. The summed E-state index contributed by atoms with van der Waals surface area (Å²) in [6.07, 6.45) is -3.89. The number of benzene rings is 1. The van der Waals surface area contributed by atoms with Gasteiger partial charge in [-0.15, -0.1) is 0 Å². The van der Waals surface area contributed by atoms with Crippen LogP contribution in [0.4, 0.5) is 5.69 Å². The zero-order valence-electron chi connectivity index (χ0n) is 24.1. The van der Waals surface area contributed by atoms with Crippen LogP contribution >= 0.6 is 0 Å². The van der Waals surface area contributed by atoms with Gasteiger partial charge in [0.05, 0.1) is 11.8 Å². The maximum absolute atomic E-state index is 12.6. The number of aliphatic hydroxyl groups excluding tert-OH is 2. The Labute approximate surface area is 247 Å². The summed E-state index contributed by atoms with van der Waals surface area (Å²) in [5.74, 6) is -3.73. The third-order valence-electron chi connectivity index (χ3n) is 6.06. The van der Waals surface area contributed by atoms with E-state index in [9.17, 15) is 44.1 Å². The number of rotatable bonds is 13. The van der Waals surface area contributed by atoms with Crippen molar-refractivity contribution in [3.05, 3.63) is 35.9 Å². The van der Waals surface area contributed by atoms with E-state index in [0.29, 0.717) is 5.56 Å². The number of carbonyl (C=O) groups is 6. The first-order valence-electron chi connectivity index (χ1n) is 13.7. The Bertz CT molecular complexity index is 1200. The molecular formula is C28H37N3O12. The molecule has 236 valence electrons. The van der Waals surface area contributed by atoms with Gasteiger partial charge in [-0.05, 0) is 24.1 Å². The van der Waals surface area contributed by atoms with Gasteiger partial charge in [-0.1, -0.05) is 19.9 Å². The van der Waals surface area contributed by atoms with Gasteiger partial charge in [0.15, 0.2) is 6.10 Å². The molecule has 1 aromatic carbocycles. The number of carboxylic acids is 1. The molecule has 0 aliphatic carbocycles. The topological polar surface area (TPSA) is 218 Å². The number of hydrogen-bond donors (Lipinski definition) is 5. The Kier molecular flexibility index (Phi) is 13.7. The molecule has 2 aliphatic heterocycles. The number of hydrogen-bond acceptors (Lipinski definition) is 11. The first kappa shape index (κ1) is 34.9. The summed E-state index contributed by atoms with van der Waals surface area (Å²) in [5, 5.41) is 34.4. The van der Waals surface area contributed by atoms with Crippen LogP contribution in [-0.4, -0.2) is 93.5 Å². The Morgan fingerprint density at radius 3 is 2.35 bits per heavy atom. The predicted octanol–water partition coefficient (Wildman–Crippen LogP) is 0.226. The molecule has 0 spiro atoms. The monoisotopic (exact) mass is 607 g/mol. The van der Waals surface area contributed by atoms with Crippen molar-refractivity contribution in [2.75, 3.05) is 18.4 Å². The fraction of sp³-hybridized carbons (Fsp3) is 0.500. The number of esters is 1. The molecule has 0 bridgehead atoms. The molecule has 1 aromatic rings.